The lowest BCUT2D eigenvalue weighted by atomic mass is 10.1. The Hall–Kier alpha value is -1.76. The minimum absolute atomic E-state index is 0. The van der Waals surface area contributed by atoms with Crippen LogP contribution < -0.4 is 11.5 Å². The molecule has 4 N–H and O–H groups in total. The van der Waals surface area contributed by atoms with E-state index in [1.807, 2.05) is 0 Å². The second kappa shape index (κ2) is 9.30. The van der Waals surface area contributed by atoms with Gasteiger partial charge in [0.05, 0.1) is 30.0 Å². The molecule has 22 heavy (non-hydrogen) atoms. The van der Waals surface area contributed by atoms with Crippen LogP contribution in [0.25, 0.3) is 0 Å². The third kappa shape index (κ3) is 6.34. The minimum atomic E-state index is 0. The number of hydrogen-bond acceptors (Lipinski definition) is 6. The molecule has 0 fully saturated rings. The number of aromatic nitrogens is 4. The molecule has 2 aromatic rings. The number of hydrogen-bond donors (Lipinski definition) is 2. The predicted octanol–water partition coefficient (Wildman–Crippen LogP) is 4.01. The molecule has 0 spiro atoms. The summed E-state index contributed by atoms with van der Waals surface area (Å²) >= 11 is 3.22. The number of halogens is 1. The zero-order chi connectivity index (χ0) is 16.0. The Morgan fingerprint density at radius 1 is 0.909 bits per heavy atom. The van der Waals surface area contributed by atoms with Crippen LogP contribution in [0.3, 0.4) is 0 Å². The summed E-state index contributed by atoms with van der Waals surface area (Å²) in [5.41, 5.74) is 12.8. The van der Waals surface area contributed by atoms with Gasteiger partial charge in [0.1, 0.15) is 10.4 Å². The molecule has 0 atom stereocenters. The molecule has 0 aromatic carbocycles. The highest BCUT2D eigenvalue weighted by molar-refractivity contribution is 9.10. The van der Waals surface area contributed by atoms with Gasteiger partial charge in [0.2, 0.25) is 0 Å². The molecule has 2 rings (SSSR count). The standard InChI is InChI=1S/C7H10BrN3.C7H11N3.CH4.H2/c1-4(2)5-3-10-7(9)6(8)11-5;1-5(2)6-3-10-7(8)4-9-6;;/h3-4H,1-2H3,(H2,9,10);3-5H,1-2H3,(H2,8,10);1H4;1H/i;;;1+1. The van der Waals surface area contributed by atoms with Crippen LogP contribution in [0, 0.1) is 0 Å². The van der Waals surface area contributed by atoms with Crippen LogP contribution in [0.5, 0.6) is 0 Å². The van der Waals surface area contributed by atoms with E-state index in [9.17, 15) is 0 Å². The smallest absolute Gasteiger partial charge is 0.156 e. The number of rotatable bonds is 2. The summed E-state index contributed by atoms with van der Waals surface area (Å²) < 4.78 is 0.628. The van der Waals surface area contributed by atoms with E-state index in [1.165, 1.54) is 0 Å². The van der Waals surface area contributed by atoms with Crippen LogP contribution >= 0.6 is 15.9 Å². The maximum absolute atomic E-state index is 5.47. The average Bonchev–Trinajstić information content (AvgIpc) is 2.43. The molecule has 7 heteroatoms. The molecule has 0 amide bonds. The van der Waals surface area contributed by atoms with E-state index in [0.29, 0.717) is 28.1 Å². The summed E-state index contributed by atoms with van der Waals surface area (Å²) in [6.07, 6.45) is 4.99. The fourth-order valence-corrected chi connectivity index (χ4v) is 1.62. The molecule has 2 heterocycles. The van der Waals surface area contributed by atoms with Crippen molar-refractivity contribution < 1.29 is 1.43 Å². The van der Waals surface area contributed by atoms with E-state index in [-0.39, 0.29) is 8.85 Å². The quantitative estimate of drug-likeness (QED) is 0.826. The Balaban J connectivity index is 0. The lowest BCUT2D eigenvalue weighted by molar-refractivity contribution is 0.808. The topological polar surface area (TPSA) is 104 Å². The third-order valence-corrected chi connectivity index (χ3v) is 3.23. The highest BCUT2D eigenvalue weighted by Gasteiger charge is 2.04. The molecular formula is C15H27BrN6. The third-order valence-electron chi connectivity index (χ3n) is 2.65. The normalized spacial score (nSPS) is 9.95. The van der Waals surface area contributed by atoms with Crippen molar-refractivity contribution in [2.45, 2.75) is 47.0 Å². The van der Waals surface area contributed by atoms with Crippen molar-refractivity contribution in [3.05, 3.63) is 34.6 Å². The summed E-state index contributed by atoms with van der Waals surface area (Å²) in [5, 5.41) is 0. The van der Waals surface area contributed by atoms with E-state index < -0.39 is 0 Å². The van der Waals surface area contributed by atoms with Gasteiger partial charge in [-0.3, -0.25) is 4.98 Å². The molecule has 0 unspecified atom stereocenters. The van der Waals surface area contributed by atoms with Gasteiger partial charge >= 0.3 is 0 Å². The number of anilines is 2. The van der Waals surface area contributed by atoms with Gasteiger partial charge in [0.15, 0.2) is 5.82 Å². The van der Waals surface area contributed by atoms with Crippen LogP contribution in [0.1, 0.15) is 59.8 Å². The number of nitrogen functional groups attached to an aromatic ring is 2. The van der Waals surface area contributed by atoms with E-state index in [1.54, 1.807) is 18.6 Å². The van der Waals surface area contributed by atoms with Gasteiger partial charge in [-0.15, -0.1) is 0 Å². The first kappa shape index (κ1) is 20.2. The molecule has 6 nitrogen and oxygen atoms in total. The molecule has 124 valence electrons. The minimum Gasteiger partial charge on any atom is -0.382 e. The first-order valence-corrected chi connectivity index (χ1v) is 7.45. The van der Waals surface area contributed by atoms with Gasteiger partial charge < -0.3 is 11.5 Å². The molecule has 0 bridgehead atoms. The maximum atomic E-state index is 5.47. The SMILES string of the molecule is C.CC(C)c1cnc(N)c(Br)n1.CC(C)c1cnc(N)cn1.[2HH]. The summed E-state index contributed by atoms with van der Waals surface area (Å²) in [4.78, 5) is 16.2. The zero-order valence-corrected chi connectivity index (χ0v) is 14.3. The Kier molecular flexibility index (Phi) is 8.55. The Morgan fingerprint density at radius 3 is 1.86 bits per heavy atom. The summed E-state index contributed by atoms with van der Waals surface area (Å²) in [6, 6.07) is 0. The zero-order valence-electron chi connectivity index (χ0n) is 12.7. The monoisotopic (exact) mass is 371 g/mol. The van der Waals surface area contributed by atoms with Gasteiger partial charge in [-0.2, -0.15) is 0 Å². The second-order valence-corrected chi connectivity index (χ2v) is 5.90. The largest absolute Gasteiger partial charge is 0.382 e. The van der Waals surface area contributed by atoms with Crippen molar-refractivity contribution in [1.82, 2.24) is 19.9 Å². The van der Waals surface area contributed by atoms with Crippen LogP contribution in [-0.4, -0.2) is 19.9 Å². The van der Waals surface area contributed by atoms with Crippen molar-refractivity contribution in [3.63, 3.8) is 0 Å². The van der Waals surface area contributed by atoms with E-state index in [2.05, 4.69) is 63.6 Å². The van der Waals surface area contributed by atoms with E-state index >= 15 is 0 Å². The first-order chi connectivity index (χ1) is 9.81. The highest BCUT2D eigenvalue weighted by Crippen LogP contribution is 2.17. The number of nitrogens with zero attached hydrogens (tertiary/aromatic N) is 4. The van der Waals surface area contributed by atoms with Crippen LogP contribution in [-0.2, 0) is 0 Å². The Labute approximate surface area is 142 Å². The fraction of sp³-hybridized carbons (Fsp3) is 0.467. The summed E-state index contributed by atoms with van der Waals surface area (Å²) in [5.74, 6) is 1.73. The van der Waals surface area contributed by atoms with Gasteiger partial charge in [0, 0.05) is 1.43 Å². The van der Waals surface area contributed by atoms with Crippen molar-refractivity contribution in [1.29, 1.82) is 0 Å². The molecule has 0 saturated heterocycles. The molecule has 2 aromatic heterocycles. The van der Waals surface area contributed by atoms with Crippen molar-refractivity contribution in [2.75, 3.05) is 11.5 Å². The molecule has 0 aliphatic heterocycles. The second-order valence-electron chi connectivity index (χ2n) is 5.15. The van der Waals surface area contributed by atoms with Crippen LogP contribution in [0.4, 0.5) is 11.6 Å². The summed E-state index contributed by atoms with van der Waals surface area (Å²) in [7, 11) is 0. The molecule has 0 aliphatic rings. The van der Waals surface area contributed by atoms with Crippen molar-refractivity contribution in [3.8, 4) is 0 Å². The average molecular weight is 372 g/mol. The Morgan fingerprint density at radius 2 is 1.45 bits per heavy atom. The van der Waals surface area contributed by atoms with Gasteiger partial charge in [-0.05, 0) is 27.8 Å². The number of nitrogens with two attached hydrogens (primary N) is 2. The highest BCUT2D eigenvalue weighted by atomic mass is 79.9. The molecule has 0 saturated carbocycles. The maximum Gasteiger partial charge on any atom is 0.156 e. The fourth-order valence-electron chi connectivity index (χ4n) is 1.31. The van der Waals surface area contributed by atoms with Gasteiger partial charge in [-0.25, -0.2) is 15.0 Å². The Bertz CT molecular complexity index is 575. The molecular weight excluding hydrogens is 344 g/mol. The van der Waals surface area contributed by atoms with Gasteiger partial charge in [-0.1, -0.05) is 35.1 Å². The van der Waals surface area contributed by atoms with Crippen LogP contribution in [0.2, 0.25) is 0 Å². The van der Waals surface area contributed by atoms with Crippen molar-refractivity contribution in [2.24, 2.45) is 0 Å². The predicted molar refractivity (Wildman–Crippen MR) is 97.6 cm³/mol. The summed E-state index contributed by atoms with van der Waals surface area (Å²) in [6.45, 7) is 8.26. The van der Waals surface area contributed by atoms with E-state index in [0.717, 1.165) is 11.4 Å². The lowest BCUT2D eigenvalue weighted by Gasteiger charge is -2.04. The molecule has 0 radical (unpaired) electrons. The first-order valence-electron chi connectivity index (χ1n) is 6.66. The lowest BCUT2D eigenvalue weighted by Crippen LogP contribution is -1.99. The van der Waals surface area contributed by atoms with E-state index in [4.69, 9.17) is 11.5 Å². The molecule has 0 aliphatic carbocycles. The van der Waals surface area contributed by atoms with Crippen molar-refractivity contribution >= 4 is 27.6 Å². The van der Waals surface area contributed by atoms with Crippen LogP contribution in [0.15, 0.2) is 23.2 Å². The van der Waals surface area contributed by atoms with Gasteiger partial charge in [0.25, 0.3) is 0 Å².